The maximum Gasteiger partial charge on any atom is 0.410 e. The lowest BCUT2D eigenvalue weighted by Gasteiger charge is -2.34. The molecule has 0 aromatic rings. The number of ether oxygens (including phenoxy) is 2. The van der Waals surface area contributed by atoms with Crippen LogP contribution in [0.15, 0.2) is 0 Å². The summed E-state index contributed by atoms with van der Waals surface area (Å²) in [4.78, 5) is 13.9. The van der Waals surface area contributed by atoms with Crippen LogP contribution in [0.1, 0.15) is 40.0 Å². The standard InChI is InChI=1S/C16H32N2O4/c1-16(2,3)22-15(20)18-9-5-6-13(11-18)10-17-8-7-14(19)12-21-4/h13-14,17,19H,5-12H2,1-4H3. The van der Waals surface area contributed by atoms with E-state index >= 15 is 0 Å². The van der Waals surface area contributed by atoms with E-state index in [0.717, 1.165) is 39.0 Å². The lowest BCUT2D eigenvalue weighted by atomic mass is 9.98. The summed E-state index contributed by atoms with van der Waals surface area (Å²) in [6.45, 7) is 9.17. The predicted molar refractivity (Wildman–Crippen MR) is 85.9 cm³/mol. The molecule has 2 atom stereocenters. The fourth-order valence-corrected chi connectivity index (χ4v) is 2.57. The molecule has 1 saturated heterocycles. The Labute approximate surface area is 134 Å². The first-order valence-electron chi connectivity index (χ1n) is 8.17. The van der Waals surface area contributed by atoms with Crippen molar-refractivity contribution in [2.45, 2.75) is 51.7 Å². The first-order chi connectivity index (χ1) is 10.3. The van der Waals surface area contributed by atoms with Gasteiger partial charge in [0.2, 0.25) is 0 Å². The number of piperidine rings is 1. The minimum atomic E-state index is -0.445. The van der Waals surface area contributed by atoms with Crippen LogP contribution in [0.4, 0.5) is 4.79 Å². The van der Waals surface area contributed by atoms with Crippen LogP contribution in [0.2, 0.25) is 0 Å². The van der Waals surface area contributed by atoms with E-state index in [2.05, 4.69) is 5.32 Å². The number of nitrogens with one attached hydrogen (secondary N) is 1. The molecule has 0 radical (unpaired) electrons. The number of methoxy groups -OCH3 is 1. The van der Waals surface area contributed by atoms with Gasteiger partial charge >= 0.3 is 6.09 Å². The molecule has 1 aliphatic heterocycles. The number of hydrogen-bond donors (Lipinski definition) is 2. The number of rotatable bonds is 7. The van der Waals surface area contributed by atoms with E-state index in [4.69, 9.17) is 9.47 Å². The Balaban J connectivity index is 2.24. The summed E-state index contributed by atoms with van der Waals surface area (Å²) >= 11 is 0. The Kier molecular flexibility index (Phi) is 8.14. The van der Waals surface area contributed by atoms with E-state index in [-0.39, 0.29) is 6.09 Å². The average molecular weight is 316 g/mol. The molecular formula is C16H32N2O4. The van der Waals surface area contributed by atoms with E-state index in [1.54, 1.807) is 12.0 Å². The van der Waals surface area contributed by atoms with Crippen LogP contribution in [-0.2, 0) is 9.47 Å². The smallest absolute Gasteiger partial charge is 0.410 e. The molecule has 1 heterocycles. The molecule has 0 bridgehead atoms. The molecule has 6 heteroatoms. The molecule has 0 aliphatic carbocycles. The Morgan fingerprint density at radius 3 is 2.82 bits per heavy atom. The highest BCUT2D eigenvalue weighted by molar-refractivity contribution is 5.68. The summed E-state index contributed by atoms with van der Waals surface area (Å²) in [5.41, 5.74) is -0.445. The minimum absolute atomic E-state index is 0.215. The van der Waals surface area contributed by atoms with Gasteiger partial charge in [-0.25, -0.2) is 4.79 Å². The highest BCUT2D eigenvalue weighted by Crippen LogP contribution is 2.18. The summed E-state index contributed by atoms with van der Waals surface area (Å²) in [6, 6.07) is 0. The molecule has 0 aromatic carbocycles. The fourth-order valence-electron chi connectivity index (χ4n) is 2.57. The van der Waals surface area contributed by atoms with E-state index in [1.165, 1.54) is 0 Å². The molecular weight excluding hydrogens is 284 g/mol. The molecule has 2 N–H and O–H groups in total. The number of nitrogens with zero attached hydrogens (tertiary/aromatic N) is 1. The number of aliphatic hydroxyl groups is 1. The molecule has 0 saturated carbocycles. The minimum Gasteiger partial charge on any atom is -0.444 e. The normalized spacial score (nSPS) is 20.8. The van der Waals surface area contributed by atoms with Crippen molar-refractivity contribution in [3.8, 4) is 0 Å². The maximum atomic E-state index is 12.1. The molecule has 1 amide bonds. The van der Waals surface area contributed by atoms with Crippen LogP contribution in [0.5, 0.6) is 0 Å². The molecule has 0 aromatic heterocycles. The number of aliphatic hydroxyl groups excluding tert-OH is 1. The second-order valence-corrected chi connectivity index (χ2v) is 7.04. The van der Waals surface area contributed by atoms with E-state index < -0.39 is 11.7 Å². The van der Waals surface area contributed by atoms with Crippen LogP contribution in [0.25, 0.3) is 0 Å². The largest absolute Gasteiger partial charge is 0.444 e. The van der Waals surface area contributed by atoms with Crippen LogP contribution < -0.4 is 5.32 Å². The zero-order chi connectivity index (χ0) is 16.6. The number of likely N-dealkylation sites (tertiary alicyclic amines) is 1. The fraction of sp³-hybridized carbons (Fsp3) is 0.938. The highest BCUT2D eigenvalue weighted by Gasteiger charge is 2.27. The summed E-state index contributed by atoms with van der Waals surface area (Å²) < 4.78 is 10.3. The molecule has 2 unspecified atom stereocenters. The number of hydrogen-bond acceptors (Lipinski definition) is 5. The van der Waals surface area contributed by atoms with Crippen molar-refractivity contribution < 1.29 is 19.4 Å². The van der Waals surface area contributed by atoms with Crippen molar-refractivity contribution in [2.75, 3.05) is 39.9 Å². The zero-order valence-corrected chi connectivity index (χ0v) is 14.4. The van der Waals surface area contributed by atoms with Crippen molar-refractivity contribution in [2.24, 2.45) is 5.92 Å². The van der Waals surface area contributed by atoms with Crippen molar-refractivity contribution in [1.82, 2.24) is 10.2 Å². The van der Waals surface area contributed by atoms with Gasteiger partial charge in [-0.3, -0.25) is 0 Å². The highest BCUT2D eigenvalue weighted by atomic mass is 16.6. The van der Waals surface area contributed by atoms with Gasteiger partial charge < -0.3 is 24.8 Å². The average Bonchev–Trinajstić information content (AvgIpc) is 2.42. The monoisotopic (exact) mass is 316 g/mol. The van der Waals surface area contributed by atoms with Crippen LogP contribution in [0.3, 0.4) is 0 Å². The van der Waals surface area contributed by atoms with Gasteiger partial charge in [0.25, 0.3) is 0 Å². The third-order valence-electron chi connectivity index (χ3n) is 3.62. The lowest BCUT2D eigenvalue weighted by molar-refractivity contribution is 0.0165. The maximum absolute atomic E-state index is 12.1. The molecule has 22 heavy (non-hydrogen) atoms. The number of carbonyl (C=O) groups is 1. The van der Waals surface area contributed by atoms with Crippen molar-refractivity contribution in [3.05, 3.63) is 0 Å². The van der Waals surface area contributed by atoms with Gasteiger partial charge in [-0.15, -0.1) is 0 Å². The topological polar surface area (TPSA) is 71.0 Å². The van der Waals surface area contributed by atoms with E-state index in [0.29, 0.717) is 18.9 Å². The van der Waals surface area contributed by atoms with Gasteiger partial charge in [0.15, 0.2) is 0 Å². The summed E-state index contributed by atoms with van der Waals surface area (Å²) in [5.74, 6) is 0.445. The zero-order valence-electron chi connectivity index (χ0n) is 14.4. The van der Waals surface area contributed by atoms with Gasteiger partial charge in [-0.1, -0.05) is 0 Å². The predicted octanol–water partition coefficient (Wildman–Crippen LogP) is 1.62. The quantitative estimate of drug-likeness (QED) is 0.699. The summed E-state index contributed by atoms with van der Waals surface area (Å²) in [6.07, 6.45) is 2.18. The van der Waals surface area contributed by atoms with Crippen molar-refractivity contribution >= 4 is 6.09 Å². The van der Waals surface area contributed by atoms with Crippen LogP contribution in [0, 0.1) is 5.92 Å². The Morgan fingerprint density at radius 2 is 2.18 bits per heavy atom. The number of carbonyl (C=O) groups excluding carboxylic acids is 1. The second-order valence-electron chi connectivity index (χ2n) is 7.04. The van der Waals surface area contributed by atoms with Gasteiger partial charge in [-0.05, 0) is 59.0 Å². The number of amides is 1. The summed E-state index contributed by atoms with van der Waals surface area (Å²) in [5, 5.41) is 12.9. The Hall–Kier alpha value is -0.850. The third-order valence-corrected chi connectivity index (χ3v) is 3.62. The summed E-state index contributed by atoms with van der Waals surface area (Å²) in [7, 11) is 1.59. The molecule has 1 rings (SSSR count). The molecule has 130 valence electrons. The Morgan fingerprint density at radius 1 is 1.45 bits per heavy atom. The van der Waals surface area contributed by atoms with Gasteiger partial charge in [0.05, 0.1) is 12.7 Å². The Bertz CT molecular complexity index is 331. The van der Waals surface area contributed by atoms with Crippen LogP contribution >= 0.6 is 0 Å². The van der Waals surface area contributed by atoms with Crippen LogP contribution in [-0.4, -0.2) is 67.7 Å². The first-order valence-corrected chi connectivity index (χ1v) is 8.17. The van der Waals surface area contributed by atoms with Gasteiger partial charge in [0, 0.05) is 20.2 Å². The SMILES string of the molecule is COCC(O)CCNCC1CCCN(C(=O)OC(C)(C)C)C1. The van der Waals surface area contributed by atoms with E-state index in [1.807, 2.05) is 20.8 Å². The first kappa shape index (κ1) is 19.2. The van der Waals surface area contributed by atoms with E-state index in [9.17, 15) is 9.90 Å². The molecule has 6 nitrogen and oxygen atoms in total. The lowest BCUT2D eigenvalue weighted by Crippen LogP contribution is -2.45. The molecule has 1 fully saturated rings. The van der Waals surface area contributed by atoms with Gasteiger partial charge in [0.1, 0.15) is 5.60 Å². The van der Waals surface area contributed by atoms with Crippen molar-refractivity contribution in [1.29, 1.82) is 0 Å². The second kappa shape index (κ2) is 9.33. The van der Waals surface area contributed by atoms with Gasteiger partial charge in [-0.2, -0.15) is 0 Å². The third kappa shape index (κ3) is 7.96. The molecule has 0 spiro atoms. The molecule has 1 aliphatic rings. The van der Waals surface area contributed by atoms with Crippen molar-refractivity contribution in [3.63, 3.8) is 0 Å².